The quantitative estimate of drug-likeness (QED) is 0.532. The summed E-state index contributed by atoms with van der Waals surface area (Å²) < 4.78 is 22.1. The summed E-state index contributed by atoms with van der Waals surface area (Å²) in [5.74, 6) is 0.653. The monoisotopic (exact) mass is 465 g/mol. The van der Waals surface area contributed by atoms with Crippen LogP contribution >= 0.6 is 0 Å². The van der Waals surface area contributed by atoms with Crippen LogP contribution in [0.3, 0.4) is 0 Å². The van der Waals surface area contributed by atoms with Gasteiger partial charge in [0, 0.05) is 52.6 Å². The molecule has 0 N–H and O–H groups in total. The summed E-state index contributed by atoms with van der Waals surface area (Å²) in [4.78, 5) is 6.61. The van der Waals surface area contributed by atoms with Crippen molar-refractivity contribution in [2.75, 3.05) is 56.7 Å². The van der Waals surface area contributed by atoms with Crippen LogP contribution in [0.2, 0.25) is 0 Å². The van der Waals surface area contributed by atoms with E-state index in [1.807, 2.05) is 30.9 Å². The minimum atomic E-state index is -0.174. The minimum Gasteiger partial charge on any atom is -0.378 e. The van der Waals surface area contributed by atoms with Gasteiger partial charge in [0.2, 0.25) is 0 Å². The Hall–Kier alpha value is -3.04. The molecule has 0 saturated carbocycles. The number of piperazine rings is 1. The fourth-order valence-corrected chi connectivity index (χ4v) is 4.93. The Kier molecular flexibility index (Phi) is 6.73. The maximum absolute atomic E-state index is 14.4. The molecule has 0 amide bonds. The van der Waals surface area contributed by atoms with E-state index in [0.717, 1.165) is 62.7 Å². The Labute approximate surface area is 199 Å². The molecule has 2 aromatic carbocycles. The van der Waals surface area contributed by atoms with Crippen LogP contribution in [-0.4, -0.2) is 78.1 Å². The topological polar surface area (TPSA) is 62.6 Å². The van der Waals surface area contributed by atoms with Gasteiger partial charge in [0.25, 0.3) is 0 Å². The Bertz CT molecular complexity index is 1070. The van der Waals surface area contributed by atoms with E-state index in [2.05, 4.69) is 54.5 Å². The van der Waals surface area contributed by atoms with Crippen LogP contribution in [0.4, 0.5) is 15.8 Å². The van der Waals surface area contributed by atoms with Gasteiger partial charge in [0.05, 0.1) is 24.4 Å². The van der Waals surface area contributed by atoms with Crippen LogP contribution in [-0.2, 0) is 11.3 Å². The zero-order chi connectivity index (χ0) is 23.5. The summed E-state index contributed by atoms with van der Waals surface area (Å²) in [5, 5.41) is 12.8. The number of ether oxygens (including phenoxy) is 1. The highest BCUT2D eigenvalue weighted by Crippen LogP contribution is 2.31. The second kappa shape index (κ2) is 10.1. The maximum Gasteiger partial charge on any atom is 0.173 e. The Morgan fingerprint density at radius 1 is 1.06 bits per heavy atom. The van der Waals surface area contributed by atoms with Gasteiger partial charge in [-0.2, -0.15) is 0 Å². The van der Waals surface area contributed by atoms with Gasteiger partial charge in [0.1, 0.15) is 5.82 Å². The fraction of sp³-hybridized carbons (Fsp3) is 0.480. The van der Waals surface area contributed by atoms with Crippen molar-refractivity contribution < 1.29 is 9.13 Å². The molecule has 2 aliphatic heterocycles. The number of rotatable bonds is 7. The third-order valence-corrected chi connectivity index (χ3v) is 6.80. The van der Waals surface area contributed by atoms with Crippen molar-refractivity contribution in [3.05, 3.63) is 65.7 Å². The molecule has 9 heteroatoms. The van der Waals surface area contributed by atoms with Crippen LogP contribution in [0.5, 0.6) is 0 Å². The first-order valence-electron chi connectivity index (χ1n) is 12.0. The molecule has 0 unspecified atom stereocenters. The normalized spacial score (nSPS) is 20.0. The largest absolute Gasteiger partial charge is 0.378 e. The highest BCUT2D eigenvalue weighted by atomic mass is 19.1. The minimum absolute atomic E-state index is 0.0876. The lowest BCUT2D eigenvalue weighted by atomic mass is 10.0. The van der Waals surface area contributed by atoms with E-state index in [-0.39, 0.29) is 18.0 Å². The summed E-state index contributed by atoms with van der Waals surface area (Å²) in [6, 6.07) is 15.5. The SMILES string of the molecule is CN(C)c1ccc([C@@H](c2nnnn2C[C@H]2CCCO2)N2CCN(c3ccccc3F)CC2)cc1. The van der Waals surface area contributed by atoms with Gasteiger partial charge < -0.3 is 14.5 Å². The van der Waals surface area contributed by atoms with Gasteiger partial charge in [-0.15, -0.1) is 5.10 Å². The first-order chi connectivity index (χ1) is 16.6. The lowest BCUT2D eigenvalue weighted by Gasteiger charge is -2.40. The number of nitrogens with zero attached hydrogens (tertiary/aromatic N) is 7. The highest BCUT2D eigenvalue weighted by Gasteiger charge is 2.32. The van der Waals surface area contributed by atoms with Crippen molar-refractivity contribution in [2.45, 2.75) is 31.5 Å². The van der Waals surface area contributed by atoms with Gasteiger partial charge in [-0.05, 0) is 53.1 Å². The van der Waals surface area contributed by atoms with Crippen molar-refractivity contribution in [2.24, 2.45) is 0 Å². The summed E-state index contributed by atoms with van der Waals surface area (Å²) in [5.41, 5.74) is 2.96. The summed E-state index contributed by atoms with van der Waals surface area (Å²) >= 11 is 0. The third kappa shape index (κ3) is 4.76. The van der Waals surface area contributed by atoms with Gasteiger partial charge in [-0.3, -0.25) is 4.90 Å². The van der Waals surface area contributed by atoms with E-state index < -0.39 is 0 Å². The number of aromatic nitrogens is 4. The van der Waals surface area contributed by atoms with Crippen LogP contribution < -0.4 is 9.80 Å². The number of para-hydroxylation sites is 1. The summed E-state index contributed by atoms with van der Waals surface area (Å²) in [7, 11) is 4.08. The number of hydrogen-bond donors (Lipinski definition) is 0. The van der Waals surface area contributed by atoms with Crippen LogP contribution in [0, 0.1) is 5.82 Å². The average Bonchev–Trinajstić information content (AvgIpc) is 3.54. The van der Waals surface area contributed by atoms with E-state index in [4.69, 9.17) is 4.74 Å². The molecule has 3 heterocycles. The maximum atomic E-state index is 14.4. The van der Waals surface area contributed by atoms with E-state index in [9.17, 15) is 4.39 Å². The predicted molar refractivity (Wildman–Crippen MR) is 130 cm³/mol. The van der Waals surface area contributed by atoms with Crippen molar-refractivity contribution >= 4 is 11.4 Å². The van der Waals surface area contributed by atoms with Gasteiger partial charge in [0.15, 0.2) is 5.82 Å². The summed E-state index contributed by atoms with van der Waals surface area (Å²) in [6.07, 6.45) is 2.26. The van der Waals surface area contributed by atoms with Gasteiger partial charge >= 0.3 is 0 Å². The first kappa shape index (κ1) is 22.7. The highest BCUT2D eigenvalue weighted by molar-refractivity contribution is 5.49. The lowest BCUT2D eigenvalue weighted by molar-refractivity contribution is 0.0906. The second-order valence-corrected chi connectivity index (χ2v) is 9.22. The molecule has 0 radical (unpaired) electrons. The van der Waals surface area contributed by atoms with Crippen LogP contribution in [0.1, 0.15) is 30.3 Å². The zero-order valence-corrected chi connectivity index (χ0v) is 19.8. The Morgan fingerprint density at radius 3 is 2.50 bits per heavy atom. The Morgan fingerprint density at radius 2 is 1.82 bits per heavy atom. The van der Waals surface area contributed by atoms with Crippen LogP contribution in [0.15, 0.2) is 48.5 Å². The number of tetrazole rings is 1. The molecule has 2 saturated heterocycles. The van der Waals surface area contributed by atoms with Gasteiger partial charge in [-0.1, -0.05) is 24.3 Å². The van der Waals surface area contributed by atoms with E-state index in [1.165, 1.54) is 6.07 Å². The van der Waals surface area contributed by atoms with Crippen molar-refractivity contribution in [1.82, 2.24) is 25.1 Å². The molecule has 2 aliphatic rings. The molecule has 3 aromatic rings. The van der Waals surface area contributed by atoms with Crippen molar-refractivity contribution in [3.8, 4) is 0 Å². The van der Waals surface area contributed by atoms with Crippen molar-refractivity contribution in [3.63, 3.8) is 0 Å². The molecule has 0 spiro atoms. The van der Waals surface area contributed by atoms with E-state index in [0.29, 0.717) is 12.2 Å². The van der Waals surface area contributed by atoms with Gasteiger partial charge in [-0.25, -0.2) is 9.07 Å². The average molecular weight is 466 g/mol. The number of benzene rings is 2. The molecule has 8 nitrogen and oxygen atoms in total. The molecular weight excluding hydrogens is 433 g/mol. The molecule has 5 rings (SSSR count). The smallest absolute Gasteiger partial charge is 0.173 e. The van der Waals surface area contributed by atoms with Crippen LogP contribution in [0.25, 0.3) is 0 Å². The third-order valence-electron chi connectivity index (χ3n) is 6.80. The molecule has 2 fully saturated rings. The molecule has 0 aliphatic carbocycles. The number of hydrogen-bond acceptors (Lipinski definition) is 7. The molecule has 2 atom stereocenters. The molecule has 34 heavy (non-hydrogen) atoms. The summed E-state index contributed by atoms with van der Waals surface area (Å²) in [6.45, 7) is 4.49. The molecular formula is C25H32FN7O. The fourth-order valence-electron chi connectivity index (χ4n) is 4.93. The van der Waals surface area contributed by atoms with Crippen molar-refractivity contribution in [1.29, 1.82) is 0 Å². The van der Waals surface area contributed by atoms with E-state index >= 15 is 0 Å². The first-order valence-corrected chi connectivity index (χ1v) is 12.0. The molecule has 180 valence electrons. The standard InChI is InChI=1S/C25H32FN7O/c1-30(2)20-11-9-19(10-12-20)24(25-27-28-29-33(25)18-21-6-5-17-34-21)32-15-13-31(14-16-32)23-8-4-3-7-22(23)26/h3-4,7-12,21,24H,5-6,13-18H2,1-2H3/t21-,24+/m1/s1. The van der Waals surface area contributed by atoms with E-state index in [1.54, 1.807) is 6.07 Å². The molecule has 1 aromatic heterocycles. The Balaban J connectivity index is 1.41. The number of anilines is 2. The zero-order valence-electron chi connectivity index (χ0n) is 19.8. The second-order valence-electron chi connectivity index (χ2n) is 9.22. The predicted octanol–water partition coefficient (Wildman–Crippen LogP) is 2.97. The number of halogens is 1. The molecule has 0 bridgehead atoms. The lowest BCUT2D eigenvalue weighted by Crippen LogP contribution is -2.48.